The van der Waals surface area contributed by atoms with Crippen LogP contribution in [0.1, 0.15) is 52.9 Å². The Balaban J connectivity index is 2.26. The first kappa shape index (κ1) is 14.0. The lowest BCUT2D eigenvalue weighted by molar-refractivity contribution is 0.0278. The van der Waals surface area contributed by atoms with E-state index in [1.807, 2.05) is 6.92 Å². The van der Waals surface area contributed by atoms with Gasteiger partial charge in [-0.1, -0.05) is 13.8 Å². The zero-order valence-electron chi connectivity index (χ0n) is 11.1. The van der Waals surface area contributed by atoms with Crippen molar-refractivity contribution in [1.82, 2.24) is 0 Å². The highest BCUT2D eigenvalue weighted by molar-refractivity contribution is 4.81. The molecule has 3 unspecified atom stereocenters. The molecule has 0 radical (unpaired) electrons. The van der Waals surface area contributed by atoms with E-state index in [0.29, 0.717) is 5.92 Å². The minimum atomic E-state index is -0.0587. The fourth-order valence-electron chi connectivity index (χ4n) is 2.79. The van der Waals surface area contributed by atoms with E-state index < -0.39 is 0 Å². The highest BCUT2D eigenvalue weighted by Crippen LogP contribution is 2.35. The molecule has 0 bridgehead atoms. The summed E-state index contributed by atoms with van der Waals surface area (Å²) in [5.74, 6) is 2.10. The second kappa shape index (κ2) is 7.29. The van der Waals surface area contributed by atoms with E-state index in [1.165, 1.54) is 12.8 Å². The lowest BCUT2D eigenvalue weighted by Crippen LogP contribution is -2.31. The predicted molar refractivity (Wildman–Crippen MR) is 67.4 cm³/mol. The summed E-state index contributed by atoms with van der Waals surface area (Å²) in [5, 5.41) is 9.98. The van der Waals surface area contributed by atoms with E-state index in [0.717, 1.165) is 44.3 Å². The molecule has 1 saturated carbocycles. The van der Waals surface area contributed by atoms with Crippen LogP contribution >= 0.6 is 0 Å². The summed E-state index contributed by atoms with van der Waals surface area (Å²) in [5.41, 5.74) is 0. The van der Waals surface area contributed by atoms with Crippen LogP contribution in [0.25, 0.3) is 0 Å². The predicted octanol–water partition coefficient (Wildman–Crippen LogP) is 3.24. The highest BCUT2D eigenvalue weighted by atomic mass is 16.5. The quantitative estimate of drug-likeness (QED) is 0.707. The van der Waals surface area contributed by atoms with Crippen molar-refractivity contribution in [2.24, 2.45) is 17.8 Å². The van der Waals surface area contributed by atoms with Crippen LogP contribution in [-0.4, -0.2) is 24.4 Å². The van der Waals surface area contributed by atoms with Crippen molar-refractivity contribution in [3.05, 3.63) is 0 Å². The molecular formula is C14H28O2. The summed E-state index contributed by atoms with van der Waals surface area (Å²) >= 11 is 0. The van der Waals surface area contributed by atoms with Gasteiger partial charge in [-0.05, 0) is 56.8 Å². The van der Waals surface area contributed by atoms with Gasteiger partial charge in [-0.15, -0.1) is 0 Å². The summed E-state index contributed by atoms with van der Waals surface area (Å²) in [4.78, 5) is 0. The molecule has 0 aromatic heterocycles. The molecule has 0 aliphatic heterocycles. The monoisotopic (exact) mass is 228 g/mol. The van der Waals surface area contributed by atoms with Crippen LogP contribution in [-0.2, 0) is 4.74 Å². The molecule has 16 heavy (non-hydrogen) atoms. The second-order valence-electron chi connectivity index (χ2n) is 5.48. The van der Waals surface area contributed by atoms with Gasteiger partial charge in [0.15, 0.2) is 0 Å². The molecule has 1 rings (SSSR count). The Morgan fingerprint density at radius 1 is 1.31 bits per heavy atom. The summed E-state index contributed by atoms with van der Waals surface area (Å²) in [6.07, 6.45) is 5.59. The van der Waals surface area contributed by atoms with Crippen molar-refractivity contribution in [2.75, 3.05) is 13.2 Å². The fourth-order valence-corrected chi connectivity index (χ4v) is 2.79. The van der Waals surface area contributed by atoms with Crippen LogP contribution < -0.4 is 0 Å². The maximum absolute atomic E-state index is 9.98. The Hall–Kier alpha value is -0.0800. The van der Waals surface area contributed by atoms with Gasteiger partial charge in [-0.3, -0.25) is 0 Å². The van der Waals surface area contributed by atoms with Crippen LogP contribution in [0.2, 0.25) is 0 Å². The van der Waals surface area contributed by atoms with Gasteiger partial charge in [0, 0.05) is 13.2 Å². The maximum Gasteiger partial charge on any atom is 0.0568 e. The van der Waals surface area contributed by atoms with E-state index >= 15 is 0 Å². The lowest BCUT2D eigenvalue weighted by atomic mass is 9.73. The molecule has 0 amide bonds. The molecule has 3 atom stereocenters. The second-order valence-corrected chi connectivity index (χ2v) is 5.48. The molecule has 1 N–H and O–H groups in total. The average Bonchev–Trinajstić information content (AvgIpc) is 2.26. The third kappa shape index (κ3) is 4.42. The van der Waals surface area contributed by atoms with E-state index in [2.05, 4.69) is 13.8 Å². The van der Waals surface area contributed by atoms with Crippen molar-refractivity contribution >= 4 is 0 Å². The molecule has 1 aliphatic rings. The first-order valence-corrected chi connectivity index (χ1v) is 6.91. The van der Waals surface area contributed by atoms with Gasteiger partial charge in [0.2, 0.25) is 0 Å². The van der Waals surface area contributed by atoms with Crippen LogP contribution in [0.3, 0.4) is 0 Å². The average molecular weight is 228 g/mol. The van der Waals surface area contributed by atoms with Crippen molar-refractivity contribution in [2.45, 2.75) is 59.0 Å². The third-order valence-corrected chi connectivity index (χ3v) is 3.99. The first-order valence-electron chi connectivity index (χ1n) is 6.91. The van der Waals surface area contributed by atoms with Gasteiger partial charge in [0.1, 0.15) is 0 Å². The zero-order valence-corrected chi connectivity index (χ0v) is 11.1. The van der Waals surface area contributed by atoms with E-state index in [4.69, 9.17) is 4.74 Å². The largest absolute Gasteiger partial charge is 0.393 e. The number of hydrogen-bond acceptors (Lipinski definition) is 2. The van der Waals surface area contributed by atoms with Gasteiger partial charge >= 0.3 is 0 Å². The van der Waals surface area contributed by atoms with Gasteiger partial charge < -0.3 is 9.84 Å². The smallest absolute Gasteiger partial charge is 0.0568 e. The fraction of sp³-hybridized carbons (Fsp3) is 1.00. The summed E-state index contributed by atoms with van der Waals surface area (Å²) in [6.45, 7) is 8.30. The number of aliphatic hydroxyl groups excluding tert-OH is 1. The van der Waals surface area contributed by atoms with Crippen molar-refractivity contribution in [1.29, 1.82) is 0 Å². The Morgan fingerprint density at radius 3 is 2.69 bits per heavy atom. The number of rotatable bonds is 6. The molecule has 96 valence electrons. The van der Waals surface area contributed by atoms with Crippen molar-refractivity contribution in [3.63, 3.8) is 0 Å². The number of ether oxygens (including phenoxy) is 1. The molecule has 0 saturated heterocycles. The minimum absolute atomic E-state index is 0.0587. The van der Waals surface area contributed by atoms with Gasteiger partial charge in [-0.25, -0.2) is 0 Å². The molecule has 1 fully saturated rings. The maximum atomic E-state index is 9.98. The van der Waals surface area contributed by atoms with Crippen LogP contribution in [0.5, 0.6) is 0 Å². The van der Waals surface area contributed by atoms with Crippen molar-refractivity contribution in [3.8, 4) is 0 Å². The Bertz CT molecular complexity index is 180. The summed E-state index contributed by atoms with van der Waals surface area (Å²) in [6, 6.07) is 0. The van der Waals surface area contributed by atoms with E-state index in [-0.39, 0.29) is 6.10 Å². The third-order valence-electron chi connectivity index (χ3n) is 3.99. The number of hydrogen-bond donors (Lipinski definition) is 1. The molecule has 0 spiro atoms. The Labute approximate surface area is 100 Å². The Morgan fingerprint density at radius 2 is 2.06 bits per heavy atom. The Kier molecular flexibility index (Phi) is 6.37. The standard InChI is InChI=1S/C14H28O2/c1-4-16-9-5-6-13-10-12(11(2)3)7-8-14(13)15/h11-15H,4-10H2,1-3H3. The molecule has 2 nitrogen and oxygen atoms in total. The zero-order chi connectivity index (χ0) is 12.0. The molecule has 1 aliphatic carbocycles. The first-order chi connectivity index (χ1) is 7.65. The van der Waals surface area contributed by atoms with Crippen LogP contribution in [0.15, 0.2) is 0 Å². The van der Waals surface area contributed by atoms with Crippen molar-refractivity contribution < 1.29 is 9.84 Å². The van der Waals surface area contributed by atoms with Gasteiger partial charge in [0.25, 0.3) is 0 Å². The molecule has 2 heteroatoms. The summed E-state index contributed by atoms with van der Waals surface area (Å²) < 4.78 is 5.35. The van der Waals surface area contributed by atoms with Crippen LogP contribution in [0.4, 0.5) is 0 Å². The topological polar surface area (TPSA) is 29.5 Å². The highest BCUT2D eigenvalue weighted by Gasteiger charge is 2.29. The minimum Gasteiger partial charge on any atom is -0.393 e. The van der Waals surface area contributed by atoms with E-state index in [1.54, 1.807) is 0 Å². The molecular weight excluding hydrogens is 200 g/mol. The van der Waals surface area contributed by atoms with Crippen LogP contribution in [0, 0.1) is 17.8 Å². The van der Waals surface area contributed by atoms with Gasteiger partial charge in [-0.2, -0.15) is 0 Å². The SMILES string of the molecule is CCOCCCC1CC(C(C)C)CCC1O. The lowest BCUT2D eigenvalue weighted by Gasteiger charge is -2.35. The van der Waals surface area contributed by atoms with Gasteiger partial charge in [0.05, 0.1) is 6.10 Å². The number of aliphatic hydroxyl groups is 1. The van der Waals surface area contributed by atoms with E-state index in [9.17, 15) is 5.11 Å². The summed E-state index contributed by atoms with van der Waals surface area (Å²) in [7, 11) is 0. The molecule has 0 heterocycles. The normalized spacial score (nSPS) is 30.9. The molecule has 0 aromatic carbocycles. The molecule has 0 aromatic rings.